The molecular formula is C18H23N3O2S. The van der Waals surface area contributed by atoms with Crippen molar-refractivity contribution in [1.82, 2.24) is 9.29 Å². The van der Waals surface area contributed by atoms with Crippen LogP contribution >= 0.6 is 0 Å². The number of hydrogen-bond donors (Lipinski definition) is 0. The largest absolute Gasteiger partial charge is 0.355 e. The van der Waals surface area contributed by atoms with Gasteiger partial charge in [-0.3, -0.25) is 0 Å². The molecule has 24 heavy (non-hydrogen) atoms. The highest BCUT2D eigenvalue weighted by Crippen LogP contribution is 2.21. The molecule has 1 aromatic heterocycles. The zero-order valence-corrected chi connectivity index (χ0v) is 14.7. The third kappa shape index (κ3) is 3.76. The summed E-state index contributed by atoms with van der Waals surface area (Å²) in [4.78, 5) is 6.64. The Morgan fingerprint density at radius 2 is 1.75 bits per heavy atom. The molecule has 6 heteroatoms. The highest BCUT2D eigenvalue weighted by Gasteiger charge is 2.26. The van der Waals surface area contributed by atoms with E-state index < -0.39 is 10.0 Å². The van der Waals surface area contributed by atoms with Gasteiger partial charge in [0.25, 0.3) is 0 Å². The lowest BCUT2D eigenvalue weighted by molar-refractivity contribution is 0.346. The number of aromatic nitrogens is 1. The molecule has 0 saturated carbocycles. The van der Waals surface area contributed by atoms with Crippen LogP contribution in [-0.4, -0.2) is 37.8 Å². The molecule has 0 aliphatic carbocycles. The van der Waals surface area contributed by atoms with Crippen molar-refractivity contribution in [3.05, 3.63) is 54.2 Å². The second-order valence-corrected chi connectivity index (χ2v) is 8.10. The molecule has 2 heterocycles. The predicted octanol–water partition coefficient (Wildman–Crippen LogP) is 2.89. The van der Waals surface area contributed by atoms with Crippen molar-refractivity contribution in [3.8, 4) is 0 Å². The van der Waals surface area contributed by atoms with Crippen molar-refractivity contribution in [2.75, 3.05) is 25.0 Å². The molecule has 0 amide bonds. The molecule has 5 nitrogen and oxygen atoms in total. The number of hydrogen-bond acceptors (Lipinski definition) is 4. The van der Waals surface area contributed by atoms with Gasteiger partial charge in [-0.15, -0.1) is 0 Å². The summed E-state index contributed by atoms with van der Waals surface area (Å²) in [6, 6.07) is 13.6. The minimum atomic E-state index is -3.41. The maximum atomic E-state index is 12.6. The van der Waals surface area contributed by atoms with E-state index in [0.717, 1.165) is 31.6 Å². The molecule has 128 valence electrons. The quantitative estimate of drug-likeness (QED) is 0.836. The molecule has 1 aliphatic rings. The third-order valence-corrected chi connectivity index (χ3v) is 6.21. The Morgan fingerprint density at radius 1 is 1.04 bits per heavy atom. The number of piperidine rings is 1. The standard InChI is InChI=1S/C18H23N3O2S/c1-20(15-16-8-4-2-5-9-16)18-11-10-17(14-19-18)24(22,23)21-12-6-3-7-13-21/h2,4-5,8-11,14H,3,6-7,12-13,15H2,1H3. The van der Waals surface area contributed by atoms with Crippen LogP contribution in [0, 0.1) is 0 Å². The van der Waals surface area contributed by atoms with Crippen molar-refractivity contribution in [2.45, 2.75) is 30.7 Å². The topological polar surface area (TPSA) is 53.5 Å². The van der Waals surface area contributed by atoms with Crippen molar-refractivity contribution >= 4 is 15.8 Å². The van der Waals surface area contributed by atoms with Crippen LogP contribution in [0.3, 0.4) is 0 Å². The summed E-state index contributed by atoms with van der Waals surface area (Å²) in [5.41, 5.74) is 1.19. The van der Waals surface area contributed by atoms with E-state index in [1.807, 2.05) is 30.1 Å². The SMILES string of the molecule is CN(Cc1ccccc1)c1ccc(S(=O)(=O)N2CCCCC2)cn1. The van der Waals surface area contributed by atoms with E-state index in [-0.39, 0.29) is 4.90 Å². The van der Waals surface area contributed by atoms with Crippen LogP contribution in [-0.2, 0) is 16.6 Å². The minimum absolute atomic E-state index is 0.279. The predicted molar refractivity (Wildman–Crippen MR) is 95.4 cm³/mol. The minimum Gasteiger partial charge on any atom is -0.355 e. The lowest BCUT2D eigenvalue weighted by atomic mass is 10.2. The Kier molecular flexibility index (Phi) is 5.16. The molecule has 0 unspecified atom stereocenters. The van der Waals surface area contributed by atoms with E-state index >= 15 is 0 Å². The number of sulfonamides is 1. The van der Waals surface area contributed by atoms with Crippen LogP contribution < -0.4 is 4.90 Å². The smallest absolute Gasteiger partial charge is 0.244 e. The third-order valence-electron chi connectivity index (χ3n) is 4.33. The van der Waals surface area contributed by atoms with Crippen molar-refractivity contribution < 1.29 is 8.42 Å². The normalized spacial score (nSPS) is 16.0. The van der Waals surface area contributed by atoms with Gasteiger partial charge >= 0.3 is 0 Å². The van der Waals surface area contributed by atoms with E-state index in [2.05, 4.69) is 17.1 Å². The number of anilines is 1. The Bertz CT molecular complexity index is 755. The highest BCUT2D eigenvalue weighted by atomic mass is 32.2. The van der Waals surface area contributed by atoms with Gasteiger partial charge in [0.2, 0.25) is 10.0 Å². The fourth-order valence-electron chi connectivity index (χ4n) is 2.94. The summed E-state index contributed by atoms with van der Waals surface area (Å²) in [7, 11) is -1.46. The Balaban J connectivity index is 1.73. The average Bonchev–Trinajstić information content (AvgIpc) is 2.63. The molecule has 1 fully saturated rings. The van der Waals surface area contributed by atoms with Crippen LogP contribution in [0.15, 0.2) is 53.6 Å². The number of pyridine rings is 1. The molecule has 2 aromatic rings. The average molecular weight is 345 g/mol. The van der Waals surface area contributed by atoms with Gasteiger partial charge in [-0.25, -0.2) is 13.4 Å². The van der Waals surface area contributed by atoms with Gasteiger partial charge in [-0.05, 0) is 30.5 Å². The first kappa shape index (κ1) is 16.9. The Labute approximate surface area is 144 Å². The van der Waals surface area contributed by atoms with E-state index in [1.54, 1.807) is 16.4 Å². The van der Waals surface area contributed by atoms with Gasteiger partial charge in [0.15, 0.2) is 0 Å². The zero-order valence-electron chi connectivity index (χ0n) is 13.9. The van der Waals surface area contributed by atoms with E-state index in [1.165, 1.54) is 11.8 Å². The maximum Gasteiger partial charge on any atom is 0.244 e. The van der Waals surface area contributed by atoms with Gasteiger partial charge in [0.1, 0.15) is 10.7 Å². The zero-order chi connectivity index (χ0) is 17.0. The molecule has 1 saturated heterocycles. The molecule has 0 N–H and O–H groups in total. The lowest BCUT2D eigenvalue weighted by Crippen LogP contribution is -2.35. The van der Waals surface area contributed by atoms with Gasteiger partial charge in [-0.2, -0.15) is 4.31 Å². The van der Waals surface area contributed by atoms with E-state index in [9.17, 15) is 8.42 Å². The van der Waals surface area contributed by atoms with Crippen molar-refractivity contribution in [3.63, 3.8) is 0 Å². The molecular weight excluding hydrogens is 322 g/mol. The summed E-state index contributed by atoms with van der Waals surface area (Å²) < 4.78 is 26.8. The molecule has 1 aliphatic heterocycles. The maximum absolute atomic E-state index is 12.6. The lowest BCUT2D eigenvalue weighted by Gasteiger charge is -2.26. The number of nitrogens with zero attached hydrogens (tertiary/aromatic N) is 3. The van der Waals surface area contributed by atoms with Crippen LogP contribution in [0.25, 0.3) is 0 Å². The Morgan fingerprint density at radius 3 is 2.38 bits per heavy atom. The first-order valence-electron chi connectivity index (χ1n) is 8.28. The molecule has 0 atom stereocenters. The van der Waals surface area contributed by atoms with Crippen molar-refractivity contribution in [2.24, 2.45) is 0 Å². The fourth-order valence-corrected chi connectivity index (χ4v) is 4.41. The molecule has 3 rings (SSSR count). The van der Waals surface area contributed by atoms with Crippen LogP contribution in [0.2, 0.25) is 0 Å². The first-order chi connectivity index (χ1) is 11.6. The summed E-state index contributed by atoms with van der Waals surface area (Å²) in [6.07, 6.45) is 4.45. The number of rotatable bonds is 5. The van der Waals surface area contributed by atoms with Gasteiger partial charge < -0.3 is 4.90 Å². The van der Waals surface area contributed by atoms with Crippen LogP contribution in [0.4, 0.5) is 5.82 Å². The molecule has 0 spiro atoms. The first-order valence-corrected chi connectivity index (χ1v) is 9.73. The summed E-state index contributed by atoms with van der Waals surface area (Å²) in [5.74, 6) is 0.761. The number of benzene rings is 1. The molecule has 0 bridgehead atoms. The summed E-state index contributed by atoms with van der Waals surface area (Å²) in [6.45, 7) is 1.95. The summed E-state index contributed by atoms with van der Waals surface area (Å²) >= 11 is 0. The highest BCUT2D eigenvalue weighted by molar-refractivity contribution is 7.89. The molecule has 1 aromatic carbocycles. The van der Waals surface area contributed by atoms with Gasteiger partial charge in [0.05, 0.1) is 0 Å². The van der Waals surface area contributed by atoms with E-state index in [4.69, 9.17) is 0 Å². The second kappa shape index (κ2) is 7.32. The summed E-state index contributed by atoms with van der Waals surface area (Å²) in [5, 5.41) is 0. The molecule has 0 radical (unpaired) electrons. The van der Waals surface area contributed by atoms with Crippen LogP contribution in [0.5, 0.6) is 0 Å². The van der Waals surface area contributed by atoms with Gasteiger partial charge in [0, 0.05) is 32.9 Å². The van der Waals surface area contributed by atoms with Gasteiger partial charge in [-0.1, -0.05) is 36.8 Å². The Hall–Kier alpha value is -1.92. The van der Waals surface area contributed by atoms with E-state index in [0.29, 0.717) is 13.1 Å². The second-order valence-electron chi connectivity index (χ2n) is 6.16. The fraction of sp³-hybridized carbons (Fsp3) is 0.389. The van der Waals surface area contributed by atoms with Crippen LogP contribution in [0.1, 0.15) is 24.8 Å². The monoisotopic (exact) mass is 345 g/mol. The van der Waals surface area contributed by atoms with Crippen molar-refractivity contribution in [1.29, 1.82) is 0 Å².